The van der Waals surface area contributed by atoms with Crippen LogP contribution in [0.15, 0.2) is 17.3 Å². The van der Waals surface area contributed by atoms with Crippen molar-refractivity contribution in [3.63, 3.8) is 0 Å². The Balaban J connectivity index is 3.22. The SMILES string of the molecule is COC(=O)c1cnc(SCl)c([N+](=O)[O-])c1. The van der Waals surface area contributed by atoms with Crippen molar-refractivity contribution in [1.82, 2.24) is 4.98 Å². The van der Waals surface area contributed by atoms with E-state index in [2.05, 4.69) is 9.72 Å². The van der Waals surface area contributed by atoms with E-state index in [0.29, 0.717) is 11.0 Å². The number of hydrogen-bond acceptors (Lipinski definition) is 6. The van der Waals surface area contributed by atoms with Gasteiger partial charge in [0.25, 0.3) is 0 Å². The predicted octanol–water partition coefficient (Wildman–Crippen LogP) is 2.02. The molecule has 0 aliphatic rings. The summed E-state index contributed by atoms with van der Waals surface area (Å²) < 4.78 is 4.40. The molecule has 0 aromatic carbocycles. The van der Waals surface area contributed by atoms with E-state index in [1.54, 1.807) is 0 Å². The molecular formula is C7H5ClN2O4S. The lowest BCUT2D eigenvalue weighted by molar-refractivity contribution is -0.388. The Kier molecular flexibility index (Phi) is 3.87. The fourth-order valence-electron chi connectivity index (χ4n) is 0.860. The van der Waals surface area contributed by atoms with Crippen molar-refractivity contribution in [3.8, 4) is 0 Å². The second kappa shape index (κ2) is 4.94. The number of carbonyl (C=O) groups excluding carboxylic acids is 1. The smallest absolute Gasteiger partial charge is 0.339 e. The minimum absolute atomic E-state index is 0.0127. The first-order valence-corrected chi connectivity index (χ1v) is 5.25. The van der Waals surface area contributed by atoms with Crippen LogP contribution in [0.1, 0.15) is 10.4 Å². The minimum Gasteiger partial charge on any atom is -0.465 e. The lowest BCUT2D eigenvalue weighted by Crippen LogP contribution is -2.03. The third-order valence-corrected chi connectivity index (χ3v) is 2.42. The molecule has 0 saturated heterocycles. The molecule has 80 valence electrons. The maximum Gasteiger partial charge on any atom is 0.339 e. The number of hydrogen-bond donors (Lipinski definition) is 0. The van der Waals surface area contributed by atoms with Crippen molar-refractivity contribution >= 4 is 33.3 Å². The van der Waals surface area contributed by atoms with Crippen LogP contribution in [0, 0.1) is 10.1 Å². The van der Waals surface area contributed by atoms with Gasteiger partial charge in [0, 0.05) is 23.2 Å². The fraction of sp³-hybridized carbons (Fsp3) is 0.143. The van der Waals surface area contributed by atoms with E-state index >= 15 is 0 Å². The molecule has 0 aliphatic carbocycles. The van der Waals surface area contributed by atoms with E-state index in [4.69, 9.17) is 10.7 Å². The highest BCUT2D eigenvalue weighted by Gasteiger charge is 2.19. The summed E-state index contributed by atoms with van der Waals surface area (Å²) in [5.74, 6) is -0.684. The van der Waals surface area contributed by atoms with Crippen LogP contribution in [0.5, 0.6) is 0 Å². The van der Waals surface area contributed by atoms with Crippen molar-refractivity contribution in [2.75, 3.05) is 7.11 Å². The number of rotatable bonds is 3. The molecule has 6 nitrogen and oxygen atoms in total. The molecular weight excluding hydrogens is 244 g/mol. The Bertz CT molecular complexity index is 412. The van der Waals surface area contributed by atoms with Gasteiger partial charge in [0.2, 0.25) is 0 Å². The van der Waals surface area contributed by atoms with Gasteiger partial charge in [-0.3, -0.25) is 10.1 Å². The van der Waals surface area contributed by atoms with E-state index < -0.39 is 10.9 Å². The number of ether oxygens (including phenoxy) is 1. The van der Waals surface area contributed by atoms with Crippen molar-refractivity contribution in [3.05, 3.63) is 27.9 Å². The van der Waals surface area contributed by atoms with Crippen LogP contribution in [-0.2, 0) is 4.74 Å². The summed E-state index contributed by atoms with van der Waals surface area (Å²) in [6, 6.07) is 1.07. The summed E-state index contributed by atoms with van der Waals surface area (Å²) in [6.45, 7) is 0. The average molecular weight is 249 g/mol. The lowest BCUT2D eigenvalue weighted by atomic mass is 10.3. The highest BCUT2D eigenvalue weighted by molar-refractivity contribution is 8.21. The highest BCUT2D eigenvalue weighted by Crippen LogP contribution is 2.30. The molecule has 0 bridgehead atoms. The first-order chi connectivity index (χ1) is 7.10. The minimum atomic E-state index is -0.684. The molecule has 0 saturated carbocycles. The Hall–Kier alpha value is -1.34. The van der Waals surface area contributed by atoms with E-state index in [-0.39, 0.29) is 16.3 Å². The second-order valence-electron chi connectivity index (χ2n) is 2.37. The maximum atomic E-state index is 11.1. The van der Waals surface area contributed by atoms with Crippen LogP contribution < -0.4 is 0 Å². The summed E-state index contributed by atoms with van der Waals surface area (Å²) in [5, 5.41) is 10.6. The Labute approximate surface area is 93.2 Å². The molecule has 0 aliphatic heterocycles. The molecule has 0 spiro atoms. The Morgan fingerprint density at radius 2 is 2.40 bits per heavy atom. The normalized spacial score (nSPS) is 9.73. The Morgan fingerprint density at radius 1 is 1.73 bits per heavy atom. The van der Waals surface area contributed by atoms with Crippen LogP contribution in [0.2, 0.25) is 0 Å². The molecule has 0 N–H and O–H groups in total. The molecule has 15 heavy (non-hydrogen) atoms. The molecule has 1 rings (SSSR count). The van der Waals surface area contributed by atoms with Gasteiger partial charge in [-0.25, -0.2) is 9.78 Å². The number of methoxy groups -OCH3 is 1. The third kappa shape index (κ3) is 2.57. The second-order valence-corrected chi connectivity index (χ2v) is 3.38. The Morgan fingerprint density at radius 3 is 2.87 bits per heavy atom. The summed E-state index contributed by atoms with van der Waals surface area (Å²) in [7, 11) is 7.17. The highest BCUT2D eigenvalue weighted by atomic mass is 35.7. The summed E-state index contributed by atoms with van der Waals surface area (Å²) in [4.78, 5) is 24.7. The van der Waals surface area contributed by atoms with E-state index in [1.165, 1.54) is 13.3 Å². The molecule has 8 heteroatoms. The zero-order valence-corrected chi connectivity index (χ0v) is 9.04. The van der Waals surface area contributed by atoms with Crippen LogP contribution in [0.4, 0.5) is 5.69 Å². The van der Waals surface area contributed by atoms with Gasteiger partial charge in [0.05, 0.1) is 17.6 Å². The van der Waals surface area contributed by atoms with Crippen molar-refractivity contribution < 1.29 is 14.5 Å². The number of aromatic nitrogens is 1. The molecule has 1 aromatic rings. The molecule has 0 atom stereocenters. The summed E-state index contributed by atoms with van der Waals surface area (Å²) in [5.41, 5.74) is -0.309. The van der Waals surface area contributed by atoms with Crippen molar-refractivity contribution in [2.24, 2.45) is 0 Å². The van der Waals surface area contributed by atoms with Crippen LogP contribution in [0.3, 0.4) is 0 Å². The van der Waals surface area contributed by atoms with Gasteiger partial charge in [0.1, 0.15) is 0 Å². The van der Waals surface area contributed by atoms with Gasteiger partial charge in [-0.05, 0) is 10.7 Å². The van der Waals surface area contributed by atoms with E-state index in [0.717, 1.165) is 6.07 Å². The molecule has 1 aromatic heterocycles. The zero-order valence-electron chi connectivity index (χ0n) is 7.47. The van der Waals surface area contributed by atoms with Crippen LogP contribution in [0.25, 0.3) is 0 Å². The first kappa shape index (κ1) is 11.7. The van der Waals surface area contributed by atoms with E-state index in [9.17, 15) is 14.9 Å². The van der Waals surface area contributed by atoms with Crippen molar-refractivity contribution in [2.45, 2.75) is 5.03 Å². The summed E-state index contributed by atoms with van der Waals surface area (Å²) >= 11 is 0. The van der Waals surface area contributed by atoms with Gasteiger partial charge in [-0.15, -0.1) is 0 Å². The zero-order chi connectivity index (χ0) is 11.4. The number of nitrogens with zero attached hydrogens (tertiary/aromatic N) is 2. The number of nitro groups is 1. The first-order valence-electron chi connectivity index (χ1n) is 3.61. The number of halogens is 1. The summed E-state index contributed by atoms with van der Waals surface area (Å²) in [6.07, 6.45) is 1.17. The fourth-order valence-corrected chi connectivity index (χ4v) is 1.52. The number of carbonyl (C=O) groups is 1. The topological polar surface area (TPSA) is 82.3 Å². The maximum absolute atomic E-state index is 11.1. The number of pyridine rings is 1. The average Bonchev–Trinajstić information content (AvgIpc) is 2.27. The van der Waals surface area contributed by atoms with Gasteiger partial charge >= 0.3 is 11.7 Å². The molecule has 0 amide bonds. The van der Waals surface area contributed by atoms with Gasteiger partial charge in [-0.2, -0.15) is 0 Å². The van der Waals surface area contributed by atoms with Gasteiger partial charge in [-0.1, -0.05) is 0 Å². The van der Waals surface area contributed by atoms with Crippen LogP contribution >= 0.6 is 21.7 Å². The lowest BCUT2D eigenvalue weighted by Gasteiger charge is -2.00. The standard InChI is InChI=1S/C7H5ClN2O4S/c1-14-7(11)4-2-5(10(12)13)6(15-8)9-3-4/h2-3H,1H3. The molecule has 1 heterocycles. The van der Waals surface area contributed by atoms with Gasteiger partial charge in [0.15, 0.2) is 5.03 Å². The quantitative estimate of drug-likeness (QED) is 0.462. The molecule has 0 fully saturated rings. The van der Waals surface area contributed by atoms with Crippen molar-refractivity contribution in [1.29, 1.82) is 0 Å². The number of esters is 1. The largest absolute Gasteiger partial charge is 0.465 e. The van der Waals surface area contributed by atoms with Gasteiger partial charge < -0.3 is 4.74 Å². The third-order valence-electron chi connectivity index (χ3n) is 1.52. The van der Waals surface area contributed by atoms with E-state index in [1.807, 2.05) is 0 Å². The predicted molar refractivity (Wildman–Crippen MR) is 53.9 cm³/mol. The molecule has 0 unspecified atom stereocenters. The van der Waals surface area contributed by atoms with Crippen LogP contribution in [-0.4, -0.2) is 23.0 Å². The monoisotopic (exact) mass is 248 g/mol. The molecule has 0 radical (unpaired) electrons.